The summed E-state index contributed by atoms with van der Waals surface area (Å²) in [5, 5.41) is 0. The zero-order valence-corrected chi connectivity index (χ0v) is 14.5. The summed E-state index contributed by atoms with van der Waals surface area (Å²) in [5.74, 6) is -0.0245. The van der Waals surface area contributed by atoms with Crippen LogP contribution >= 0.6 is 15.9 Å². The number of carbonyl (C=O) groups is 1. The molecule has 3 nitrogen and oxygen atoms in total. The van der Waals surface area contributed by atoms with Crippen molar-refractivity contribution >= 4 is 21.8 Å². The molecule has 3 aromatic carbocycles. The van der Waals surface area contributed by atoms with Crippen LogP contribution in [0.3, 0.4) is 0 Å². The highest BCUT2D eigenvalue weighted by Gasteiger charge is 2.10. The van der Waals surface area contributed by atoms with Gasteiger partial charge < -0.3 is 10.5 Å². The van der Waals surface area contributed by atoms with E-state index < -0.39 is 5.91 Å². The predicted octanol–water partition coefficient (Wildman–Crippen LogP) is 4.79. The Balaban J connectivity index is 1.73. The fourth-order valence-corrected chi connectivity index (χ4v) is 2.77. The van der Waals surface area contributed by atoms with Crippen LogP contribution in [0.5, 0.6) is 5.75 Å². The Labute approximate surface area is 149 Å². The molecule has 0 aliphatic carbocycles. The van der Waals surface area contributed by atoms with Gasteiger partial charge in [0.05, 0.1) is 5.56 Å². The molecule has 0 fully saturated rings. The second-order valence-corrected chi connectivity index (χ2v) is 6.27. The molecular weight excluding hydrogens is 366 g/mol. The molecule has 0 radical (unpaired) electrons. The van der Waals surface area contributed by atoms with Gasteiger partial charge in [-0.2, -0.15) is 0 Å². The molecule has 3 rings (SSSR count). The molecule has 0 saturated carbocycles. The van der Waals surface area contributed by atoms with E-state index in [9.17, 15) is 4.79 Å². The van der Waals surface area contributed by atoms with E-state index in [0.717, 1.165) is 15.6 Å². The lowest BCUT2D eigenvalue weighted by Crippen LogP contribution is -2.13. The maximum absolute atomic E-state index is 11.5. The Bertz CT molecular complexity index is 845. The Kier molecular flexibility index (Phi) is 4.96. The van der Waals surface area contributed by atoms with Gasteiger partial charge in [0.15, 0.2) is 0 Å². The summed E-state index contributed by atoms with van der Waals surface area (Å²) in [4.78, 5) is 11.5. The number of hydrogen-bond acceptors (Lipinski definition) is 2. The number of ether oxygens (including phenoxy) is 1. The fraction of sp³-hybridized carbons (Fsp3) is 0.0500. The second kappa shape index (κ2) is 7.32. The van der Waals surface area contributed by atoms with Crippen molar-refractivity contribution in [3.05, 3.63) is 88.4 Å². The van der Waals surface area contributed by atoms with E-state index in [1.165, 1.54) is 5.56 Å². The molecule has 0 saturated heterocycles. The summed E-state index contributed by atoms with van der Waals surface area (Å²) < 4.78 is 6.55. The molecule has 0 aliphatic heterocycles. The standard InChI is InChI=1S/C20H16BrNO2/c21-17-10-11-19(18(12-17)20(22)23)24-13-14-6-8-16(9-7-14)15-4-2-1-3-5-15/h1-12H,13H2,(H2,22,23). The third kappa shape index (κ3) is 3.84. The van der Waals surface area contributed by atoms with E-state index >= 15 is 0 Å². The largest absolute Gasteiger partial charge is 0.488 e. The van der Waals surface area contributed by atoms with Gasteiger partial charge in [0.2, 0.25) is 0 Å². The Morgan fingerprint density at radius 1 is 0.917 bits per heavy atom. The quantitative estimate of drug-likeness (QED) is 0.690. The highest BCUT2D eigenvalue weighted by molar-refractivity contribution is 9.10. The van der Waals surface area contributed by atoms with Crippen LogP contribution in [0.4, 0.5) is 0 Å². The minimum Gasteiger partial charge on any atom is -0.488 e. The molecule has 0 atom stereocenters. The first-order valence-electron chi connectivity index (χ1n) is 7.50. The highest BCUT2D eigenvalue weighted by atomic mass is 79.9. The van der Waals surface area contributed by atoms with Crippen LogP contribution in [0.15, 0.2) is 77.3 Å². The number of nitrogens with two attached hydrogens (primary N) is 1. The van der Waals surface area contributed by atoms with Crippen LogP contribution in [-0.2, 0) is 6.61 Å². The van der Waals surface area contributed by atoms with Gasteiger partial charge in [0.1, 0.15) is 12.4 Å². The van der Waals surface area contributed by atoms with Crippen LogP contribution in [0.2, 0.25) is 0 Å². The molecule has 0 spiro atoms. The molecule has 2 N–H and O–H groups in total. The maximum atomic E-state index is 11.5. The van der Waals surface area contributed by atoms with Gasteiger partial charge in [-0.15, -0.1) is 0 Å². The van der Waals surface area contributed by atoms with Crippen molar-refractivity contribution in [3.63, 3.8) is 0 Å². The number of halogens is 1. The van der Waals surface area contributed by atoms with E-state index in [4.69, 9.17) is 10.5 Å². The topological polar surface area (TPSA) is 52.3 Å². The number of amides is 1. The predicted molar refractivity (Wildman–Crippen MR) is 98.9 cm³/mol. The summed E-state index contributed by atoms with van der Waals surface area (Å²) in [5.41, 5.74) is 9.11. The first-order chi connectivity index (χ1) is 11.6. The lowest BCUT2D eigenvalue weighted by molar-refractivity contribution is 0.0996. The molecule has 0 unspecified atom stereocenters. The lowest BCUT2D eigenvalue weighted by atomic mass is 10.0. The SMILES string of the molecule is NC(=O)c1cc(Br)ccc1OCc1ccc(-c2ccccc2)cc1. The van der Waals surface area contributed by atoms with Gasteiger partial charge in [-0.1, -0.05) is 70.5 Å². The molecule has 1 amide bonds. The van der Waals surface area contributed by atoms with Crippen molar-refractivity contribution in [2.24, 2.45) is 5.73 Å². The number of rotatable bonds is 5. The van der Waals surface area contributed by atoms with E-state index in [-0.39, 0.29) is 0 Å². The molecule has 4 heteroatoms. The number of primary amides is 1. The fourth-order valence-electron chi connectivity index (χ4n) is 2.41. The van der Waals surface area contributed by atoms with Crippen molar-refractivity contribution in [1.29, 1.82) is 0 Å². The van der Waals surface area contributed by atoms with Gasteiger partial charge >= 0.3 is 0 Å². The molecule has 120 valence electrons. The molecular formula is C20H16BrNO2. The normalized spacial score (nSPS) is 10.4. The van der Waals surface area contributed by atoms with Crippen molar-refractivity contribution in [3.8, 4) is 16.9 Å². The van der Waals surface area contributed by atoms with E-state index in [2.05, 4.69) is 40.2 Å². The van der Waals surface area contributed by atoms with Crippen LogP contribution in [0.25, 0.3) is 11.1 Å². The molecule has 24 heavy (non-hydrogen) atoms. The van der Waals surface area contributed by atoms with Gasteiger partial charge in [0, 0.05) is 4.47 Å². The molecule has 3 aromatic rings. The minimum absolute atomic E-state index is 0.366. The molecule has 0 aromatic heterocycles. The van der Waals surface area contributed by atoms with Gasteiger partial charge in [-0.25, -0.2) is 0 Å². The van der Waals surface area contributed by atoms with Crippen LogP contribution in [-0.4, -0.2) is 5.91 Å². The third-order valence-corrected chi connectivity index (χ3v) is 4.16. The highest BCUT2D eigenvalue weighted by Crippen LogP contribution is 2.24. The van der Waals surface area contributed by atoms with Crippen molar-refractivity contribution < 1.29 is 9.53 Å². The zero-order valence-electron chi connectivity index (χ0n) is 12.9. The van der Waals surface area contributed by atoms with Gasteiger partial charge in [-0.05, 0) is 34.9 Å². The lowest BCUT2D eigenvalue weighted by Gasteiger charge is -2.10. The Hall–Kier alpha value is -2.59. The minimum atomic E-state index is -0.509. The van der Waals surface area contributed by atoms with Crippen molar-refractivity contribution in [2.75, 3.05) is 0 Å². The smallest absolute Gasteiger partial charge is 0.252 e. The van der Waals surface area contributed by atoms with Crippen molar-refractivity contribution in [2.45, 2.75) is 6.61 Å². The monoisotopic (exact) mass is 381 g/mol. The van der Waals surface area contributed by atoms with Gasteiger partial charge in [-0.3, -0.25) is 4.79 Å². The number of benzene rings is 3. The summed E-state index contributed by atoms with van der Waals surface area (Å²) in [6.45, 7) is 0.372. The zero-order chi connectivity index (χ0) is 16.9. The molecule has 0 bridgehead atoms. The maximum Gasteiger partial charge on any atom is 0.252 e. The molecule has 0 heterocycles. The summed E-state index contributed by atoms with van der Waals surface area (Å²) in [7, 11) is 0. The van der Waals surface area contributed by atoms with Crippen LogP contribution in [0.1, 0.15) is 15.9 Å². The second-order valence-electron chi connectivity index (χ2n) is 5.36. The third-order valence-electron chi connectivity index (χ3n) is 3.66. The average molecular weight is 382 g/mol. The van der Waals surface area contributed by atoms with Crippen LogP contribution < -0.4 is 10.5 Å². The van der Waals surface area contributed by atoms with Gasteiger partial charge in [0.25, 0.3) is 5.91 Å². The number of carbonyl (C=O) groups excluding carboxylic acids is 1. The Morgan fingerprint density at radius 2 is 1.58 bits per heavy atom. The van der Waals surface area contributed by atoms with Crippen LogP contribution in [0, 0.1) is 0 Å². The first-order valence-corrected chi connectivity index (χ1v) is 8.29. The summed E-state index contributed by atoms with van der Waals surface area (Å²) >= 11 is 3.33. The summed E-state index contributed by atoms with van der Waals surface area (Å²) in [6, 6.07) is 23.6. The van der Waals surface area contributed by atoms with E-state index in [1.54, 1.807) is 12.1 Å². The molecule has 0 aliphatic rings. The Morgan fingerprint density at radius 3 is 2.25 bits per heavy atom. The average Bonchev–Trinajstić information content (AvgIpc) is 2.62. The summed E-state index contributed by atoms with van der Waals surface area (Å²) in [6.07, 6.45) is 0. The van der Waals surface area contributed by atoms with Crippen molar-refractivity contribution in [1.82, 2.24) is 0 Å². The first kappa shape index (κ1) is 16.3. The number of hydrogen-bond donors (Lipinski definition) is 1. The van der Waals surface area contributed by atoms with E-state index in [1.807, 2.05) is 36.4 Å². The van der Waals surface area contributed by atoms with E-state index in [0.29, 0.717) is 17.9 Å².